The lowest BCUT2D eigenvalue weighted by atomic mass is 10.1. The van der Waals surface area contributed by atoms with Gasteiger partial charge in [-0.05, 0) is 19.4 Å². The van der Waals surface area contributed by atoms with E-state index in [0.29, 0.717) is 17.6 Å². The highest BCUT2D eigenvalue weighted by molar-refractivity contribution is 6.17. The van der Waals surface area contributed by atoms with Gasteiger partial charge in [-0.3, -0.25) is 0 Å². The maximum absolute atomic E-state index is 5.61. The standard InChI is InChI=1S/C12H13ClN2O/c1-9-4-2-5-10(8-9)12-14-11(16-15-12)6-3-7-13/h2,4-5,8H,3,6-7H2,1H3. The number of rotatable bonds is 4. The molecule has 0 atom stereocenters. The fourth-order valence-corrected chi connectivity index (χ4v) is 1.61. The predicted octanol–water partition coefficient (Wildman–Crippen LogP) is 3.22. The van der Waals surface area contributed by atoms with Crippen LogP contribution in [0.3, 0.4) is 0 Å². The molecule has 0 radical (unpaired) electrons. The highest BCUT2D eigenvalue weighted by Gasteiger charge is 2.07. The van der Waals surface area contributed by atoms with Crippen LogP contribution in [-0.2, 0) is 6.42 Å². The molecule has 0 bridgehead atoms. The Balaban J connectivity index is 2.18. The van der Waals surface area contributed by atoms with Crippen molar-refractivity contribution in [2.24, 2.45) is 0 Å². The molecule has 3 nitrogen and oxygen atoms in total. The van der Waals surface area contributed by atoms with Crippen molar-refractivity contribution in [1.29, 1.82) is 0 Å². The Labute approximate surface area is 99.4 Å². The summed E-state index contributed by atoms with van der Waals surface area (Å²) in [5.41, 5.74) is 2.17. The van der Waals surface area contributed by atoms with Crippen molar-refractivity contribution in [3.8, 4) is 11.4 Å². The van der Waals surface area contributed by atoms with E-state index in [4.69, 9.17) is 16.1 Å². The van der Waals surface area contributed by atoms with Crippen molar-refractivity contribution in [2.45, 2.75) is 19.8 Å². The third-order valence-corrected chi connectivity index (χ3v) is 2.54. The molecule has 1 aromatic heterocycles. The van der Waals surface area contributed by atoms with E-state index in [0.717, 1.165) is 18.4 Å². The molecule has 0 aliphatic rings. The number of hydrogen-bond acceptors (Lipinski definition) is 3. The van der Waals surface area contributed by atoms with E-state index in [1.807, 2.05) is 31.2 Å². The minimum Gasteiger partial charge on any atom is -0.339 e. The monoisotopic (exact) mass is 236 g/mol. The average Bonchev–Trinajstić information content (AvgIpc) is 2.75. The molecule has 2 aromatic rings. The molecule has 0 amide bonds. The van der Waals surface area contributed by atoms with E-state index in [-0.39, 0.29) is 0 Å². The first kappa shape index (κ1) is 11.1. The van der Waals surface area contributed by atoms with Gasteiger partial charge in [0.1, 0.15) is 0 Å². The quantitative estimate of drug-likeness (QED) is 0.766. The predicted molar refractivity (Wildman–Crippen MR) is 63.5 cm³/mol. The smallest absolute Gasteiger partial charge is 0.227 e. The molecule has 1 aromatic carbocycles. The Morgan fingerprint density at radius 1 is 1.38 bits per heavy atom. The van der Waals surface area contributed by atoms with E-state index in [1.165, 1.54) is 5.56 Å². The molecule has 0 saturated heterocycles. The summed E-state index contributed by atoms with van der Waals surface area (Å²) in [6, 6.07) is 8.04. The number of nitrogens with zero attached hydrogens (tertiary/aromatic N) is 2. The molecule has 2 rings (SSSR count). The largest absolute Gasteiger partial charge is 0.339 e. The molecule has 16 heavy (non-hydrogen) atoms. The second-order valence-corrected chi connectivity index (χ2v) is 4.05. The Morgan fingerprint density at radius 2 is 2.25 bits per heavy atom. The topological polar surface area (TPSA) is 38.9 Å². The molecule has 0 saturated carbocycles. The van der Waals surface area contributed by atoms with Crippen molar-refractivity contribution in [3.05, 3.63) is 35.7 Å². The Kier molecular flexibility index (Phi) is 3.57. The van der Waals surface area contributed by atoms with Crippen LogP contribution < -0.4 is 0 Å². The second-order valence-electron chi connectivity index (χ2n) is 3.67. The van der Waals surface area contributed by atoms with Gasteiger partial charge < -0.3 is 4.52 Å². The van der Waals surface area contributed by atoms with Crippen LogP contribution in [0.5, 0.6) is 0 Å². The molecule has 1 heterocycles. The van der Waals surface area contributed by atoms with Crippen LogP contribution in [0.25, 0.3) is 11.4 Å². The Morgan fingerprint density at radius 3 is 3.00 bits per heavy atom. The molecule has 0 N–H and O–H groups in total. The highest BCUT2D eigenvalue weighted by atomic mass is 35.5. The Hall–Kier alpha value is -1.35. The molecule has 4 heteroatoms. The lowest BCUT2D eigenvalue weighted by molar-refractivity contribution is 0.378. The first-order valence-electron chi connectivity index (χ1n) is 5.25. The molecular weight excluding hydrogens is 224 g/mol. The molecule has 84 valence electrons. The molecular formula is C12H13ClN2O. The second kappa shape index (κ2) is 5.12. The van der Waals surface area contributed by atoms with Gasteiger partial charge in [0.25, 0.3) is 0 Å². The number of aromatic nitrogens is 2. The summed E-state index contributed by atoms with van der Waals surface area (Å²) in [6.45, 7) is 2.04. The minimum atomic E-state index is 0.613. The van der Waals surface area contributed by atoms with Crippen molar-refractivity contribution < 1.29 is 4.52 Å². The van der Waals surface area contributed by atoms with E-state index >= 15 is 0 Å². The summed E-state index contributed by atoms with van der Waals surface area (Å²) >= 11 is 5.61. The Bertz CT molecular complexity index is 468. The SMILES string of the molecule is Cc1cccc(-c2noc(CCCCl)n2)c1. The van der Waals surface area contributed by atoms with Gasteiger partial charge in [0, 0.05) is 17.9 Å². The van der Waals surface area contributed by atoms with Gasteiger partial charge in [0.05, 0.1) is 0 Å². The van der Waals surface area contributed by atoms with Crippen LogP contribution >= 0.6 is 11.6 Å². The van der Waals surface area contributed by atoms with E-state index in [2.05, 4.69) is 10.1 Å². The van der Waals surface area contributed by atoms with Crippen LogP contribution in [0.1, 0.15) is 17.9 Å². The van der Waals surface area contributed by atoms with Gasteiger partial charge >= 0.3 is 0 Å². The zero-order chi connectivity index (χ0) is 11.4. The molecule has 0 unspecified atom stereocenters. The van der Waals surface area contributed by atoms with E-state index in [1.54, 1.807) is 0 Å². The van der Waals surface area contributed by atoms with Crippen LogP contribution in [0.2, 0.25) is 0 Å². The summed E-state index contributed by atoms with van der Waals surface area (Å²) in [6.07, 6.45) is 1.60. The molecule has 0 aliphatic carbocycles. The lowest BCUT2D eigenvalue weighted by Crippen LogP contribution is -1.86. The van der Waals surface area contributed by atoms with Crippen molar-refractivity contribution in [3.63, 3.8) is 0 Å². The molecule has 0 fully saturated rings. The van der Waals surface area contributed by atoms with Crippen LogP contribution in [-0.4, -0.2) is 16.0 Å². The first-order chi connectivity index (χ1) is 7.79. The zero-order valence-corrected chi connectivity index (χ0v) is 9.87. The number of aryl methyl sites for hydroxylation is 2. The van der Waals surface area contributed by atoms with Gasteiger partial charge in [0.2, 0.25) is 11.7 Å². The number of alkyl halides is 1. The summed E-state index contributed by atoms with van der Waals surface area (Å²) in [7, 11) is 0. The maximum atomic E-state index is 5.61. The lowest BCUT2D eigenvalue weighted by Gasteiger charge is -1.95. The average molecular weight is 237 g/mol. The van der Waals surface area contributed by atoms with Crippen LogP contribution in [0.15, 0.2) is 28.8 Å². The van der Waals surface area contributed by atoms with E-state index in [9.17, 15) is 0 Å². The zero-order valence-electron chi connectivity index (χ0n) is 9.11. The van der Waals surface area contributed by atoms with Gasteiger partial charge in [0.15, 0.2) is 0 Å². The molecule has 0 aliphatic heterocycles. The van der Waals surface area contributed by atoms with Gasteiger partial charge in [-0.2, -0.15) is 4.98 Å². The maximum Gasteiger partial charge on any atom is 0.227 e. The van der Waals surface area contributed by atoms with Gasteiger partial charge in [-0.15, -0.1) is 11.6 Å². The first-order valence-corrected chi connectivity index (χ1v) is 5.78. The van der Waals surface area contributed by atoms with Gasteiger partial charge in [-0.25, -0.2) is 0 Å². The number of benzene rings is 1. The summed E-state index contributed by atoms with van der Waals surface area (Å²) in [4.78, 5) is 4.32. The van der Waals surface area contributed by atoms with Crippen LogP contribution in [0.4, 0.5) is 0 Å². The number of halogens is 1. The van der Waals surface area contributed by atoms with Gasteiger partial charge in [-0.1, -0.05) is 28.9 Å². The summed E-state index contributed by atoms with van der Waals surface area (Å²) in [5.74, 6) is 1.91. The molecule has 0 spiro atoms. The van der Waals surface area contributed by atoms with Crippen LogP contribution in [0, 0.1) is 6.92 Å². The summed E-state index contributed by atoms with van der Waals surface area (Å²) < 4.78 is 5.14. The normalized spacial score (nSPS) is 10.6. The van der Waals surface area contributed by atoms with Crippen molar-refractivity contribution in [1.82, 2.24) is 10.1 Å². The fraction of sp³-hybridized carbons (Fsp3) is 0.333. The third-order valence-electron chi connectivity index (χ3n) is 2.27. The van der Waals surface area contributed by atoms with Crippen molar-refractivity contribution >= 4 is 11.6 Å². The fourth-order valence-electron chi connectivity index (χ4n) is 1.48. The summed E-state index contributed by atoms with van der Waals surface area (Å²) in [5, 5.41) is 3.95. The number of hydrogen-bond donors (Lipinski definition) is 0. The minimum absolute atomic E-state index is 0.613. The van der Waals surface area contributed by atoms with Crippen molar-refractivity contribution in [2.75, 3.05) is 5.88 Å². The highest BCUT2D eigenvalue weighted by Crippen LogP contribution is 2.17. The third kappa shape index (κ3) is 2.61. The van der Waals surface area contributed by atoms with E-state index < -0.39 is 0 Å².